The average Bonchev–Trinajstić information content (AvgIpc) is 3.39. The second-order valence-electron chi connectivity index (χ2n) is 10.9. The van der Waals surface area contributed by atoms with E-state index < -0.39 is 32.6 Å². The molecule has 0 bridgehead atoms. The van der Waals surface area contributed by atoms with Crippen LogP contribution in [0.1, 0.15) is 34.4 Å². The molecule has 44 heavy (non-hydrogen) atoms. The van der Waals surface area contributed by atoms with Gasteiger partial charge in [0.25, 0.3) is 0 Å². The summed E-state index contributed by atoms with van der Waals surface area (Å²) in [6.45, 7) is 0. The van der Waals surface area contributed by atoms with Crippen molar-refractivity contribution in [1.82, 2.24) is 4.72 Å². The number of benzene rings is 4. The normalized spacial score (nSPS) is 17.3. The van der Waals surface area contributed by atoms with E-state index in [4.69, 9.17) is 4.42 Å². The van der Waals surface area contributed by atoms with Crippen LogP contribution in [-0.4, -0.2) is 25.5 Å². The van der Waals surface area contributed by atoms with Gasteiger partial charge >= 0.3 is 5.97 Å². The Morgan fingerprint density at radius 3 is 2.27 bits per heavy atom. The SMILES string of the molecule is O=C(O)C(Cc1cccc(F)c1)NS(=O)(=O)C1(c2c(Cc3ccccc3)oc3ccccc23)C=CC(c2ccccc2)=CC1. The smallest absolute Gasteiger partial charge is 0.322 e. The molecule has 2 atom stereocenters. The first-order valence-electron chi connectivity index (χ1n) is 14.2. The summed E-state index contributed by atoms with van der Waals surface area (Å²) in [4.78, 5) is 12.4. The summed E-state index contributed by atoms with van der Waals surface area (Å²) < 4.78 is 50.5. The molecule has 1 aliphatic rings. The number of sulfonamides is 1. The van der Waals surface area contributed by atoms with E-state index >= 15 is 0 Å². The first-order valence-corrected chi connectivity index (χ1v) is 15.7. The minimum atomic E-state index is -4.47. The van der Waals surface area contributed by atoms with Crippen LogP contribution in [0.25, 0.3) is 16.5 Å². The number of allylic oxidation sites excluding steroid dienone is 3. The lowest BCUT2D eigenvalue weighted by Crippen LogP contribution is -2.50. The molecular formula is C36H30FNO5S. The topological polar surface area (TPSA) is 96.6 Å². The van der Waals surface area contributed by atoms with E-state index in [9.17, 15) is 22.7 Å². The highest BCUT2D eigenvalue weighted by atomic mass is 32.2. The molecule has 0 radical (unpaired) electrons. The van der Waals surface area contributed by atoms with Gasteiger partial charge in [-0.3, -0.25) is 4.79 Å². The lowest BCUT2D eigenvalue weighted by Gasteiger charge is -2.34. The van der Waals surface area contributed by atoms with Gasteiger partial charge in [0.05, 0.1) is 0 Å². The Labute approximate surface area is 255 Å². The van der Waals surface area contributed by atoms with Crippen LogP contribution in [0, 0.1) is 5.82 Å². The zero-order chi connectivity index (χ0) is 30.7. The van der Waals surface area contributed by atoms with Crippen molar-refractivity contribution in [1.29, 1.82) is 0 Å². The lowest BCUT2D eigenvalue weighted by molar-refractivity contribution is -0.138. The van der Waals surface area contributed by atoms with Crippen LogP contribution in [0.15, 0.2) is 132 Å². The number of fused-ring (bicyclic) bond motifs is 1. The molecule has 2 unspecified atom stereocenters. The summed E-state index contributed by atoms with van der Waals surface area (Å²) in [5, 5.41) is 10.7. The Morgan fingerprint density at radius 2 is 1.59 bits per heavy atom. The number of aliphatic carboxylic acids is 1. The monoisotopic (exact) mass is 607 g/mol. The highest BCUT2D eigenvalue weighted by molar-refractivity contribution is 7.90. The maximum absolute atomic E-state index is 14.7. The van der Waals surface area contributed by atoms with Crippen LogP contribution in [0.4, 0.5) is 4.39 Å². The number of hydrogen-bond acceptors (Lipinski definition) is 4. The highest BCUT2D eigenvalue weighted by Gasteiger charge is 2.49. The summed E-state index contributed by atoms with van der Waals surface area (Å²) in [6.07, 6.45) is 5.40. The van der Waals surface area contributed by atoms with E-state index in [1.807, 2.05) is 84.9 Å². The quantitative estimate of drug-likeness (QED) is 0.178. The zero-order valence-electron chi connectivity index (χ0n) is 23.7. The maximum Gasteiger partial charge on any atom is 0.322 e. The predicted octanol–water partition coefficient (Wildman–Crippen LogP) is 7.02. The number of hydrogen-bond donors (Lipinski definition) is 2. The Kier molecular flexibility index (Phi) is 8.03. The van der Waals surface area contributed by atoms with Gasteiger partial charge in [-0.05, 0) is 53.3 Å². The van der Waals surface area contributed by atoms with E-state index in [2.05, 4.69) is 4.72 Å². The Hall–Kier alpha value is -4.79. The molecule has 0 amide bonds. The standard InChI is InChI=1S/C36H30FNO5S/c37-29-15-9-12-26(22-29)23-31(35(39)40)38-44(41,42)36(20-18-28(19-21-36)27-13-5-2-6-14-27)34-30-16-7-8-17-32(30)43-33(34)24-25-10-3-1-4-11-25/h1-20,22,31,38H,21,23-24H2,(H,39,40). The van der Waals surface area contributed by atoms with E-state index in [0.717, 1.165) is 16.7 Å². The Balaban J connectivity index is 1.50. The van der Waals surface area contributed by atoms with Crippen molar-refractivity contribution in [2.24, 2.45) is 0 Å². The minimum Gasteiger partial charge on any atom is -0.480 e. The fourth-order valence-electron chi connectivity index (χ4n) is 5.82. The third kappa shape index (κ3) is 5.74. The summed E-state index contributed by atoms with van der Waals surface area (Å²) in [6, 6.07) is 30.5. The summed E-state index contributed by atoms with van der Waals surface area (Å²) in [5.74, 6) is -1.42. The van der Waals surface area contributed by atoms with Gasteiger partial charge in [-0.25, -0.2) is 12.8 Å². The molecule has 0 aliphatic heterocycles. The number of rotatable bonds is 10. The van der Waals surface area contributed by atoms with Gasteiger partial charge in [0.15, 0.2) is 0 Å². The molecule has 0 saturated carbocycles. The first kappa shape index (κ1) is 29.3. The number of carboxylic acid groups (broad SMARTS) is 1. The fraction of sp³-hybridized carbons (Fsp3) is 0.139. The molecule has 8 heteroatoms. The van der Waals surface area contributed by atoms with Gasteiger partial charge in [-0.2, -0.15) is 4.72 Å². The van der Waals surface area contributed by atoms with Crippen molar-refractivity contribution in [3.8, 4) is 0 Å². The largest absolute Gasteiger partial charge is 0.480 e. The molecule has 4 aromatic carbocycles. The van der Waals surface area contributed by atoms with Crippen LogP contribution in [0.3, 0.4) is 0 Å². The second-order valence-corrected chi connectivity index (χ2v) is 12.8. The third-order valence-electron chi connectivity index (χ3n) is 7.97. The fourth-order valence-corrected chi connectivity index (χ4v) is 7.63. The molecule has 2 N–H and O–H groups in total. The van der Waals surface area contributed by atoms with Gasteiger partial charge in [-0.15, -0.1) is 0 Å². The molecule has 1 heterocycles. The molecule has 0 spiro atoms. The third-order valence-corrected chi connectivity index (χ3v) is 10.0. The molecule has 6 rings (SSSR count). The van der Waals surface area contributed by atoms with Crippen molar-refractivity contribution < 1.29 is 27.1 Å². The summed E-state index contributed by atoms with van der Waals surface area (Å²) in [5.41, 5.74) is 4.06. The van der Waals surface area contributed by atoms with Crippen LogP contribution in [0.2, 0.25) is 0 Å². The van der Waals surface area contributed by atoms with E-state index in [1.165, 1.54) is 18.2 Å². The summed E-state index contributed by atoms with van der Waals surface area (Å²) >= 11 is 0. The molecule has 222 valence electrons. The van der Waals surface area contributed by atoms with E-state index in [-0.39, 0.29) is 12.8 Å². The average molecular weight is 608 g/mol. The minimum absolute atomic E-state index is 0.0285. The maximum atomic E-state index is 14.7. The predicted molar refractivity (Wildman–Crippen MR) is 169 cm³/mol. The first-order chi connectivity index (χ1) is 21.3. The molecule has 0 fully saturated rings. The second kappa shape index (κ2) is 12.1. The zero-order valence-corrected chi connectivity index (χ0v) is 24.5. The van der Waals surface area contributed by atoms with Crippen LogP contribution < -0.4 is 4.72 Å². The van der Waals surface area contributed by atoms with Crippen molar-refractivity contribution >= 4 is 32.5 Å². The van der Waals surface area contributed by atoms with Crippen molar-refractivity contribution in [3.63, 3.8) is 0 Å². The van der Waals surface area contributed by atoms with E-state index in [0.29, 0.717) is 34.3 Å². The number of para-hydroxylation sites is 1. The summed E-state index contributed by atoms with van der Waals surface area (Å²) in [7, 11) is -4.47. The van der Waals surface area contributed by atoms with Crippen LogP contribution >= 0.6 is 0 Å². The molecule has 6 nitrogen and oxygen atoms in total. The van der Waals surface area contributed by atoms with Gasteiger partial charge in [-0.1, -0.05) is 109 Å². The molecule has 1 aromatic heterocycles. The van der Waals surface area contributed by atoms with E-state index in [1.54, 1.807) is 24.3 Å². The molecule has 5 aromatic rings. The Bertz CT molecular complexity index is 1980. The number of carboxylic acids is 1. The van der Waals surface area contributed by atoms with Crippen LogP contribution in [0.5, 0.6) is 0 Å². The van der Waals surface area contributed by atoms with Gasteiger partial charge in [0, 0.05) is 17.4 Å². The van der Waals surface area contributed by atoms with Crippen molar-refractivity contribution in [2.45, 2.75) is 30.1 Å². The molecule has 1 aliphatic carbocycles. The van der Waals surface area contributed by atoms with Gasteiger partial charge in [0.2, 0.25) is 10.0 Å². The Morgan fingerprint density at radius 1 is 0.909 bits per heavy atom. The van der Waals surface area contributed by atoms with Gasteiger partial charge < -0.3 is 9.52 Å². The van der Waals surface area contributed by atoms with Crippen LogP contribution in [-0.2, 0) is 32.4 Å². The van der Waals surface area contributed by atoms with Crippen molar-refractivity contribution in [2.75, 3.05) is 0 Å². The molecular weight excluding hydrogens is 577 g/mol. The number of nitrogens with one attached hydrogen (secondary N) is 1. The van der Waals surface area contributed by atoms with Gasteiger partial charge in [0.1, 0.15) is 27.9 Å². The van der Waals surface area contributed by atoms with Crippen molar-refractivity contribution in [3.05, 3.63) is 161 Å². The number of furan rings is 1. The lowest BCUT2D eigenvalue weighted by atomic mass is 9.85. The molecule has 0 saturated heterocycles. The number of carbonyl (C=O) groups is 1. The number of halogens is 1. The highest BCUT2D eigenvalue weighted by Crippen LogP contribution is 2.46.